The molecule has 4 heteroatoms. The summed E-state index contributed by atoms with van der Waals surface area (Å²) in [5.41, 5.74) is 5.38. The zero-order valence-electron chi connectivity index (χ0n) is 5.03. The lowest BCUT2D eigenvalue weighted by Gasteiger charge is -2.27. The van der Waals surface area contributed by atoms with E-state index < -0.39 is 12.4 Å². The molecule has 0 aliphatic carbocycles. The molecule has 4 N–H and O–H groups in total. The van der Waals surface area contributed by atoms with E-state index in [9.17, 15) is 0 Å². The number of nitrogens with two attached hydrogens (primary N) is 1. The van der Waals surface area contributed by atoms with Crippen LogP contribution in [0.5, 0.6) is 0 Å². The van der Waals surface area contributed by atoms with Crippen molar-refractivity contribution in [1.29, 1.82) is 0 Å². The summed E-state index contributed by atoms with van der Waals surface area (Å²) in [7, 11) is 0. The van der Waals surface area contributed by atoms with E-state index in [0.29, 0.717) is 6.42 Å². The minimum absolute atomic E-state index is 0.141. The Kier molecular flexibility index (Phi) is 2.02. The van der Waals surface area contributed by atoms with Gasteiger partial charge in [0.1, 0.15) is 0 Å². The van der Waals surface area contributed by atoms with Crippen molar-refractivity contribution in [1.82, 2.24) is 0 Å². The molecule has 1 heterocycles. The van der Waals surface area contributed by atoms with E-state index in [2.05, 4.69) is 4.74 Å². The first-order valence-corrected chi connectivity index (χ1v) is 2.93. The van der Waals surface area contributed by atoms with Gasteiger partial charge in [-0.1, -0.05) is 0 Å². The molecule has 1 aliphatic rings. The van der Waals surface area contributed by atoms with Gasteiger partial charge in [-0.25, -0.2) is 0 Å². The molecule has 1 fully saturated rings. The van der Waals surface area contributed by atoms with Gasteiger partial charge in [-0.2, -0.15) is 0 Å². The second-order valence-electron chi connectivity index (χ2n) is 2.25. The van der Waals surface area contributed by atoms with Crippen LogP contribution in [-0.4, -0.2) is 35.3 Å². The molecule has 1 rings (SSSR count). The van der Waals surface area contributed by atoms with Gasteiger partial charge in [0.2, 0.25) is 0 Å². The van der Waals surface area contributed by atoms with Crippen molar-refractivity contribution < 1.29 is 14.9 Å². The van der Waals surface area contributed by atoms with Gasteiger partial charge in [0.15, 0.2) is 6.29 Å². The Balaban J connectivity index is 2.35. The van der Waals surface area contributed by atoms with Crippen molar-refractivity contribution >= 4 is 0 Å². The van der Waals surface area contributed by atoms with Crippen molar-refractivity contribution in [2.24, 2.45) is 5.73 Å². The summed E-state index contributed by atoms with van der Waals surface area (Å²) in [6.07, 6.45) is -1.09. The van der Waals surface area contributed by atoms with Gasteiger partial charge in [-0.05, 0) is 0 Å². The van der Waals surface area contributed by atoms with Gasteiger partial charge in [-0.3, -0.25) is 0 Å². The molecule has 3 atom stereocenters. The molecule has 0 aromatic rings. The van der Waals surface area contributed by atoms with Crippen LogP contribution in [0.1, 0.15) is 6.42 Å². The molecule has 1 aliphatic heterocycles. The topological polar surface area (TPSA) is 75.7 Å². The van der Waals surface area contributed by atoms with Gasteiger partial charge in [0.05, 0.1) is 12.7 Å². The highest BCUT2D eigenvalue weighted by Gasteiger charge is 2.25. The Morgan fingerprint density at radius 1 is 1.44 bits per heavy atom. The third-order valence-corrected chi connectivity index (χ3v) is 1.43. The number of hydrogen-bond donors (Lipinski definition) is 3. The average molecular weight is 133 g/mol. The summed E-state index contributed by atoms with van der Waals surface area (Å²) in [4.78, 5) is 0. The van der Waals surface area contributed by atoms with E-state index in [0.717, 1.165) is 0 Å². The highest BCUT2D eigenvalue weighted by atomic mass is 16.6. The van der Waals surface area contributed by atoms with Crippen LogP contribution in [0.15, 0.2) is 0 Å². The lowest BCUT2D eigenvalue weighted by molar-refractivity contribution is -0.162. The van der Waals surface area contributed by atoms with E-state index in [1.165, 1.54) is 0 Å². The predicted molar refractivity (Wildman–Crippen MR) is 30.6 cm³/mol. The zero-order valence-corrected chi connectivity index (χ0v) is 5.03. The molecule has 0 spiro atoms. The maximum absolute atomic E-state index is 8.93. The summed E-state index contributed by atoms with van der Waals surface area (Å²) in [6.45, 7) is 0.141. The van der Waals surface area contributed by atoms with Crippen LogP contribution >= 0.6 is 0 Å². The Morgan fingerprint density at radius 3 is 2.56 bits per heavy atom. The normalized spacial score (nSPS) is 45.0. The number of ether oxygens (including phenoxy) is 1. The monoisotopic (exact) mass is 133 g/mol. The summed E-state index contributed by atoms with van der Waals surface area (Å²) in [5, 5.41) is 17.7. The Hall–Kier alpha value is -0.160. The van der Waals surface area contributed by atoms with Crippen molar-refractivity contribution in [2.45, 2.75) is 24.9 Å². The fourth-order valence-electron chi connectivity index (χ4n) is 0.791. The number of hydrogen-bond acceptors (Lipinski definition) is 4. The largest absolute Gasteiger partial charge is 0.389 e. The van der Waals surface area contributed by atoms with Gasteiger partial charge >= 0.3 is 0 Å². The molecular formula is C5H11NO3. The van der Waals surface area contributed by atoms with Crippen LogP contribution in [0.2, 0.25) is 0 Å². The standard InChI is InChI=1S/C5H11NO3/c6-3-1-5(8)9-2-4(3)7/h3-5,7-8H,1-2,6H2/t3-,4+,5+/m0/s1. The molecule has 0 aromatic heterocycles. The number of rotatable bonds is 0. The van der Waals surface area contributed by atoms with Gasteiger partial charge in [0.25, 0.3) is 0 Å². The van der Waals surface area contributed by atoms with Crippen molar-refractivity contribution in [2.75, 3.05) is 6.61 Å². The van der Waals surface area contributed by atoms with Crippen molar-refractivity contribution in [3.05, 3.63) is 0 Å². The molecule has 9 heavy (non-hydrogen) atoms. The maximum atomic E-state index is 8.93. The quantitative estimate of drug-likeness (QED) is 0.372. The van der Waals surface area contributed by atoms with Crippen LogP contribution in [0, 0.1) is 0 Å². The van der Waals surface area contributed by atoms with E-state index in [-0.39, 0.29) is 12.6 Å². The molecule has 0 amide bonds. The third-order valence-electron chi connectivity index (χ3n) is 1.43. The predicted octanol–water partition coefficient (Wildman–Crippen LogP) is -1.59. The Labute approximate surface area is 53.2 Å². The lowest BCUT2D eigenvalue weighted by Crippen LogP contribution is -2.46. The van der Waals surface area contributed by atoms with Crippen LogP contribution < -0.4 is 5.73 Å². The zero-order chi connectivity index (χ0) is 6.85. The molecule has 0 aromatic carbocycles. The van der Waals surface area contributed by atoms with Gasteiger partial charge in [0, 0.05) is 12.5 Å². The number of aliphatic hydroxyl groups is 2. The summed E-state index contributed by atoms with van der Waals surface area (Å²) in [6, 6.07) is -0.339. The highest BCUT2D eigenvalue weighted by Crippen LogP contribution is 2.09. The van der Waals surface area contributed by atoms with E-state index >= 15 is 0 Å². The Bertz CT molecular complexity index is 98.2. The van der Waals surface area contributed by atoms with Crippen LogP contribution in [0.3, 0.4) is 0 Å². The maximum Gasteiger partial charge on any atom is 0.156 e. The average Bonchev–Trinajstić information content (AvgIpc) is 1.80. The van der Waals surface area contributed by atoms with Crippen molar-refractivity contribution in [3.63, 3.8) is 0 Å². The minimum atomic E-state index is -0.789. The van der Waals surface area contributed by atoms with Crippen molar-refractivity contribution in [3.8, 4) is 0 Å². The van der Waals surface area contributed by atoms with Crippen LogP contribution in [0.4, 0.5) is 0 Å². The molecular weight excluding hydrogens is 122 g/mol. The van der Waals surface area contributed by atoms with Crippen LogP contribution in [0.25, 0.3) is 0 Å². The summed E-state index contributed by atoms with van der Waals surface area (Å²) < 4.78 is 4.69. The minimum Gasteiger partial charge on any atom is -0.389 e. The van der Waals surface area contributed by atoms with Gasteiger partial charge in [-0.15, -0.1) is 0 Å². The summed E-state index contributed by atoms with van der Waals surface area (Å²) >= 11 is 0. The van der Waals surface area contributed by atoms with E-state index in [1.54, 1.807) is 0 Å². The number of aliphatic hydroxyl groups excluding tert-OH is 2. The third kappa shape index (κ3) is 1.62. The first-order valence-electron chi connectivity index (χ1n) is 2.93. The molecule has 0 unspecified atom stereocenters. The van der Waals surface area contributed by atoms with Gasteiger partial charge < -0.3 is 20.7 Å². The van der Waals surface area contributed by atoms with Crippen LogP contribution in [-0.2, 0) is 4.74 Å². The SMILES string of the molecule is N[C@H]1C[C@H](O)OC[C@H]1O. The molecule has 1 saturated heterocycles. The van der Waals surface area contributed by atoms with E-state index in [1.807, 2.05) is 0 Å². The second kappa shape index (κ2) is 2.62. The smallest absolute Gasteiger partial charge is 0.156 e. The molecule has 0 bridgehead atoms. The molecule has 54 valence electrons. The molecule has 4 nitrogen and oxygen atoms in total. The Morgan fingerprint density at radius 2 is 2.11 bits per heavy atom. The highest BCUT2D eigenvalue weighted by molar-refractivity contribution is 4.76. The molecule has 0 radical (unpaired) electrons. The fourth-order valence-corrected chi connectivity index (χ4v) is 0.791. The van der Waals surface area contributed by atoms with E-state index in [4.69, 9.17) is 15.9 Å². The first kappa shape index (κ1) is 6.95. The first-order chi connectivity index (χ1) is 4.20. The second-order valence-corrected chi connectivity index (χ2v) is 2.25. The summed E-state index contributed by atoms with van der Waals surface area (Å²) in [5.74, 6) is 0. The fraction of sp³-hybridized carbons (Fsp3) is 1.00. The lowest BCUT2D eigenvalue weighted by atomic mass is 10.1. The molecule has 0 saturated carbocycles.